The number of sulfonamides is 1. The highest BCUT2D eigenvalue weighted by molar-refractivity contribution is 7.89. The van der Waals surface area contributed by atoms with Gasteiger partial charge in [0, 0.05) is 11.6 Å². The molecule has 0 fully saturated rings. The van der Waals surface area contributed by atoms with Crippen LogP contribution in [0.25, 0.3) is 0 Å². The van der Waals surface area contributed by atoms with Gasteiger partial charge in [-0.05, 0) is 61.2 Å². The third kappa shape index (κ3) is 4.25. The molecule has 0 aromatic heterocycles. The van der Waals surface area contributed by atoms with Gasteiger partial charge < -0.3 is 4.74 Å². The summed E-state index contributed by atoms with van der Waals surface area (Å²) in [4.78, 5) is 0.284. The molecule has 0 saturated carbocycles. The minimum Gasteiger partial charge on any atom is -0.496 e. The molecule has 124 valence electrons. The van der Waals surface area contributed by atoms with Crippen molar-refractivity contribution in [3.63, 3.8) is 0 Å². The number of halogens is 1. The summed E-state index contributed by atoms with van der Waals surface area (Å²) >= 11 is 5.83. The minimum absolute atomic E-state index is 0.284. The average molecular weight is 354 g/mol. The zero-order valence-electron chi connectivity index (χ0n) is 13.4. The van der Waals surface area contributed by atoms with Crippen molar-refractivity contribution in [3.8, 4) is 5.75 Å². The zero-order chi connectivity index (χ0) is 17.0. The van der Waals surface area contributed by atoms with E-state index in [0.29, 0.717) is 29.3 Å². The first-order valence-corrected chi connectivity index (χ1v) is 9.09. The highest BCUT2D eigenvalue weighted by Gasteiger charge is 2.18. The van der Waals surface area contributed by atoms with E-state index in [1.165, 1.54) is 0 Å². The molecule has 0 bridgehead atoms. The summed E-state index contributed by atoms with van der Waals surface area (Å²) < 4.78 is 32.8. The van der Waals surface area contributed by atoms with Gasteiger partial charge >= 0.3 is 0 Å². The van der Waals surface area contributed by atoms with Crippen molar-refractivity contribution in [2.24, 2.45) is 0 Å². The van der Waals surface area contributed by atoms with E-state index in [1.54, 1.807) is 38.3 Å². The van der Waals surface area contributed by atoms with Gasteiger partial charge in [-0.2, -0.15) is 0 Å². The molecule has 0 spiro atoms. The van der Waals surface area contributed by atoms with E-state index < -0.39 is 10.0 Å². The normalized spacial score (nSPS) is 11.5. The predicted octanol–water partition coefficient (Wildman–Crippen LogP) is 3.49. The molecule has 0 aliphatic heterocycles. The summed E-state index contributed by atoms with van der Waals surface area (Å²) in [5.41, 5.74) is 2.55. The Morgan fingerprint density at radius 2 is 1.70 bits per heavy atom. The van der Waals surface area contributed by atoms with Crippen LogP contribution in [-0.2, 0) is 16.4 Å². The van der Waals surface area contributed by atoms with Gasteiger partial charge in [0.25, 0.3) is 0 Å². The summed E-state index contributed by atoms with van der Waals surface area (Å²) in [7, 11) is -1.98. The molecule has 0 saturated heterocycles. The molecule has 6 heteroatoms. The molecule has 2 aromatic carbocycles. The van der Waals surface area contributed by atoms with Crippen LogP contribution in [0.1, 0.15) is 16.7 Å². The maximum atomic E-state index is 12.5. The highest BCUT2D eigenvalue weighted by Crippen LogP contribution is 2.26. The first-order chi connectivity index (χ1) is 10.8. The van der Waals surface area contributed by atoms with Crippen molar-refractivity contribution in [3.05, 3.63) is 58.1 Å². The molecule has 0 aliphatic carbocycles. The molecule has 0 aliphatic rings. The topological polar surface area (TPSA) is 55.4 Å². The third-order valence-electron chi connectivity index (χ3n) is 3.82. The zero-order valence-corrected chi connectivity index (χ0v) is 15.0. The molecule has 1 N–H and O–H groups in total. The van der Waals surface area contributed by atoms with E-state index in [4.69, 9.17) is 16.3 Å². The maximum Gasteiger partial charge on any atom is 0.240 e. The van der Waals surface area contributed by atoms with Crippen molar-refractivity contribution >= 4 is 21.6 Å². The van der Waals surface area contributed by atoms with Crippen LogP contribution in [0.2, 0.25) is 5.02 Å². The highest BCUT2D eigenvalue weighted by atomic mass is 35.5. The standard InChI is InChI=1S/C17H20ClNO3S/c1-12-13(2)17(9-8-16(12)22-3)23(20,21)19-11-10-14-4-6-15(18)7-5-14/h4-9,19H,10-11H2,1-3H3. The lowest BCUT2D eigenvalue weighted by atomic mass is 10.1. The predicted molar refractivity (Wildman–Crippen MR) is 92.8 cm³/mol. The number of methoxy groups -OCH3 is 1. The largest absolute Gasteiger partial charge is 0.496 e. The first-order valence-electron chi connectivity index (χ1n) is 7.23. The molecular weight excluding hydrogens is 334 g/mol. The van der Waals surface area contributed by atoms with Crippen LogP contribution in [0.3, 0.4) is 0 Å². The second kappa shape index (κ2) is 7.34. The Hall–Kier alpha value is -1.56. The van der Waals surface area contributed by atoms with Crippen molar-refractivity contribution in [2.45, 2.75) is 25.2 Å². The van der Waals surface area contributed by atoms with Gasteiger partial charge in [-0.3, -0.25) is 0 Å². The Kier molecular flexibility index (Phi) is 5.68. The van der Waals surface area contributed by atoms with Crippen LogP contribution < -0.4 is 9.46 Å². The minimum atomic E-state index is -3.55. The van der Waals surface area contributed by atoms with E-state index in [-0.39, 0.29) is 4.90 Å². The van der Waals surface area contributed by atoms with Crippen LogP contribution in [0.15, 0.2) is 41.3 Å². The molecule has 0 unspecified atom stereocenters. The average Bonchev–Trinajstić information content (AvgIpc) is 2.51. The van der Waals surface area contributed by atoms with E-state index in [0.717, 1.165) is 11.1 Å². The molecule has 0 atom stereocenters. The molecule has 0 radical (unpaired) electrons. The van der Waals surface area contributed by atoms with E-state index >= 15 is 0 Å². The van der Waals surface area contributed by atoms with E-state index in [2.05, 4.69) is 4.72 Å². The van der Waals surface area contributed by atoms with Gasteiger partial charge in [0.05, 0.1) is 12.0 Å². The number of rotatable bonds is 6. The Labute approximate surface area is 142 Å². The number of nitrogens with one attached hydrogen (secondary N) is 1. The Morgan fingerprint density at radius 1 is 1.04 bits per heavy atom. The Bertz CT molecular complexity index is 786. The number of hydrogen-bond donors (Lipinski definition) is 1. The molecule has 4 nitrogen and oxygen atoms in total. The van der Waals surface area contributed by atoms with Gasteiger partial charge in [-0.15, -0.1) is 0 Å². The summed E-state index contributed by atoms with van der Waals surface area (Å²) in [6, 6.07) is 10.6. The summed E-state index contributed by atoms with van der Waals surface area (Å²) in [5.74, 6) is 0.683. The van der Waals surface area contributed by atoms with E-state index in [9.17, 15) is 8.42 Å². The lowest BCUT2D eigenvalue weighted by molar-refractivity contribution is 0.410. The van der Waals surface area contributed by atoms with Gasteiger partial charge in [0.2, 0.25) is 10.0 Å². The van der Waals surface area contributed by atoms with Crippen molar-refractivity contribution in [2.75, 3.05) is 13.7 Å². The van der Waals surface area contributed by atoms with Gasteiger partial charge in [-0.1, -0.05) is 23.7 Å². The fourth-order valence-electron chi connectivity index (χ4n) is 2.34. The second-order valence-corrected chi connectivity index (χ2v) is 7.46. The summed E-state index contributed by atoms with van der Waals surface area (Å²) in [6.07, 6.45) is 0.602. The Balaban J connectivity index is 2.10. The van der Waals surface area contributed by atoms with Gasteiger partial charge in [0.1, 0.15) is 5.75 Å². The maximum absolute atomic E-state index is 12.5. The van der Waals surface area contributed by atoms with Crippen LogP contribution >= 0.6 is 11.6 Å². The van der Waals surface area contributed by atoms with Crippen LogP contribution in [0.5, 0.6) is 5.75 Å². The van der Waals surface area contributed by atoms with Crippen molar-refractivity contribution in [1.29, 1.82) is 0 Å². The summed E-state index contributed by atoms with van der Waals surface area (Å²) in [6.45, 7) is 3.96. The van der Waals surface area contributed by atoms with Crippen LogP contribution in [-0.4, -0.2) is 22.1 Å². The fourth-order valence-corrected chi connectivity index (χ4v) is 3.80. The lowest BCUT2D eigenvalue weighted by Crippen LogP contribution is -2.26. The molecule has 0 amide bonds. The van der Waals surface area contributed by atoms with Crippen molar-refractivity contribution < 1.29 is 13.2 Å². The van der Waals surface area contributed by atoms with Crippen LogP contribution in [0.4, 0.5) is 0 Å². The number of hydrogen-bond acceptors (Lipinski definition) is 3. The SMILES string of the molecule is COc1ccc(S(=O)(=O)NCCc2ccc(Cl)cc2)c(C)c1C. The van der Waals surface area contributed by atoms with Gasteiger partial charge in [0.15, 0.2) is 0 Å². The molecular formula is C17H20ClNO3S. The molecule has 2 aromatic rings. The Morgan fingerprint density at radius 3 is 2.30 bits per heavy atom. The molecule has 2 rings (SSSR count). The molecule has 23 heavy (non-hydrogen) atoms. The smallest absolute Gasteiger partial charge is 0.240 e. The lowest BCUT2D eigenvalue weighted by Gasteiger charge is -2.13. The monoisotopic (exact) mass is 353 g/mol. The second-order valence-electron chi connectivity index (χ2n) is 5.29. The molecule has 0 heterocycles. The van der Waals surface area contributed by atoms with E-state index in [1.807, 2.05) is 19.1 Å². The fraction of sp³-hybridized carbons (Fsp3) is 0.294. The van der Waals surface area contributed by atoms with Crippen LogP contribution in [0, 0.1) is 13.8 Å². The number of benzene rings is 2. The third-order valence-corrected chi connectivity index (χ3v) is 5.67. The first kappa shape index (κ1) is 17.8. The van der Waals surface area contributed by atoms with Crippen molar-refractivity contribution in [1.82, 2.24) is 4.72 Å². The number of ether oxygens (including phenoxy) is 1. The quantitative estimate of drug-likeness (QED) is 0.864. The summed E-state index contributed by atoms with van der Waals surface area (Å²) in [5, 5.41) is 0.665. The van der Waals surface area contributed by atoms with Gasteiger partial charge in [-0.25, -0.2) is 13.1 Å².